The van der Waals surface area contributed by atoms with Gasteiger partial charge in [-0.15, -0.1) is 0 Å². The number of para-hydroxylation sites is 1. The number of benzene rings is 2. The molecule has 4 aromatic rings. The van der Waals surface area contributed by atoms with Crippen molar-refractivity contribution in [1.29, 1.82) is 0 Å². The lowest BCUT2D eigenvalue weighted by molar-refractivity contribution is 0.294. The third-order valence-corrected chi connectivity index (χ3v) is 4.97. The number of halogens is 1. The number of aromatic nitrogens is 4. The maximum absolute atomic E-state index is 5.83. The third-order valence-electron chi connectivity index (χ3n) is 4.04. The zero-order valence-electron chi connectivity index (χ0n) is 14.5. The Morgan fingerprint density at radius 3 is 2.56 bits per heavy atom. The van der Waals surface area contributed by atoms with Crippen LogP contribution in [0.5, 0.6) is 17.2 Å². The summed E-state index contributed by atoms with van der Waals surface area (Å²) in [6, 6.07) is 11.3. The Labute approximate surface area is 168 Å². The van der Waals surface area contributed by atoms with Crippen LogP contribution in [-0.2, 0) is 6.61 Å². The van der Waals surface area contributed by atoms with Crippen molar-refractivity contribution in [3.63, 3.8) is 0 Å². The molecule has 2 aromatic heterocycles. The first kappa shape index (κ1) is 17.7. The fourth-order valence-electron chi connectivity index (χ4n) is 2.77. The number of H-pyrrole nitrogens is 1. The van der Waals surface area contributed by atoms with E-state index in [1.807, 2.05) is 30.3 Å². The summed E-state index contributed by atoms with van der Waals surface area (Å²) in [5, 5.41) is 3.93. The Hall–Kier alpha value is -2.65. The molecule has 0 aliphatic heterocycles. The number of nitrogens with zero attached hydrogens (tertiary/aromatic N) is 3. The van der Waals surface area contributed by atoms with Crippen molar-refractivity contribution in [3.05, 3.63) is 51.5 Å². The van der Waals surface area contributed by atoms with Crippen molar-refractivity contribution in [2.24, 2.45) is 0 Å². The average molecular weight is 447 g/mol. The summed E-state index contributed by atoms with van der Waals surface area (Å²) in [6.07, 6.45) is 0. The van der Waals surface area contributed by atoms with E-state index in [-0.39, 0.29) is 6.61 Å². The van der Waals surface area contributed by atoms with Gasteiger partial charge < -0.3 is 14.2 Å². The minimum absolute atomic E-state index is 0.258. The maximum atomic E-state index is 5.83. The van der Waals surface area contributed by atoms with Crippen LogP contribution in [0, 0.1) is 4.77 Å². The highest BCUT2D eigenvalue weighted by Gasteiger charge is 2.14. The second-order valence-electron chi connectivity index (χ2n) is 5.67. The van der Waals surface area contributed by atoms with Gasteiger partial charge >= 0.3 is 0 Å². The predicted octanol–water partition coefficient (Wildman–Crippen LogP) is 4.30. The van der Waals surface area contributed by atoms with E-state index in [1.54, 1.807) is 24.8 Å². The Balaban J connectivity index is 1.79. The van der Waals surface area contributed by atoms with Crippen molar-refractivity contribution >= 4 is 44.7 Å². The Kier molecular flexibility index (Phi) is 4.71. The Morgan fingerprint density at radius 1 is 1.07 bits per heavy atom. The summed E-state index contributed by atoms with van der Waals surface area (Å²) in [5.41, 5.74) is 1.33. The molecule has 4 rings (SSSR count). The van der Waals surface area contributed by atoms with Crippen LogP contribution < -0.4 is 14.2 Å². The van der Waals surface area contributed by atoms with Gasteiger partial charge in [-0.05, 0) is 46.3 Å². The van der Waals surface area contributed by atoms with Crippen LogP contribution in [0.1, 0.15) is 5.82 Å². The molecule has 0 atom stereocenters. The lowest BCUT2D eigenvalue weighted by Gasteiger charge is -2.08. The number of ether oxygens (including phenoxy) is 3. The van der Waals surface area contributed by atoms with Gasteiger partial charge in [0.1, 0.15) is 12.4 Å². The molecule has 0 bridgehead atoms. The van der Waals surface area contributed by atoms with Crippen molar-refractivity contribution in [2.75, 3.05) is 14.2 Å². The van der Waals surface area contributed by atoms with Crippen LogP contribution in [0.25, 0.3) is 16.6 Å². The molecule has 0 saturated heterocycles. The second-order valence-corrected chi connectivity index (χ2v) is 6.89. The van der Waals surface area contributed by atoms with Crippen molar-refractivity contribution in [3.8, 4) is 17.2 Å². The molecule has 27 heavy (non-hydrogen) atoms. The van der Waals surface area contributed by atoms with Crippen LogP contribution >= 0.6 is 28.1 Å². The van der Waals surface area contributed by atoms with Crippen LogP contribution in [0.15, 0.2) is 40.9 Å². The highest BCUT2D eigenvalue weighted by Crippen LogP contribution is 2.33. The molecule has 0 amide bonds. The topological polar surface area (TPSA) is 73.7 Å². The molecule has 0 radical (unpaired) electrons. The van der Waals surface area contributed by atoms with E-state index >= 15 is 0 Å². The van der Waals surface area contributed by atoms with Crippen LogP contribution in [0.3, 0.4) is 0 Å². The molecular formula is C18H15BrN4O3S. The monoisotopic (exact) mass is 446 g/mol. The molecule has 0 aliphatic carbocycles. The second kappa shape index (κ2) is 7.16. The molecule has 7 nitrogen and oxygen atoms in total. The standard InChI is InChI=1S/C18H15BrN4O3S/c1-24-14-7-10-12(8-15(14)25-2)20-18(27)23-17(10)21-16(22-23)9-26-13-6-4-3-5-11(13)19/h3-8H,9H2,1-2H3,(H,21,22). The SMILES string of the molecule is COc1cc2nc(=S)n3[nH]c(COc4ccccc4Br)nc3c2cc1OC. The highest BCUT2D eigenvalue weighted by molar-refractivity contribution is 9.10. The molecule has 2 heterocycles. The molecule has 9 heteroatoms. The van der Waals surface area contributed by atoms with Gasteiger partial charge in [0.05, 0.1) is 24.2 Å². The van der Waals surface area contributed by atoms with E-state index in [9.17, 15) is 0 Å². The third kappa shape index (κ3) is 3.24. The molecule has 0 fully saturated rings. The van der Waals surface area contributed by atoms with Gasteiger partial charge in [0, 0.05) is 11.5 Å². The normalized spacial score (nSPS) is 11.1. The summed E-state index contributed by atoms with van der Waals surface area (Å²) in [5.74, 6) is 2.54. The zero-order valence-corrected chi connectivity index (χ0v) is 16.9. The molecule has 1 N–H and O–H groups in total. The lowest BCUT2D eigenvalue weighted by Crippen LogP contribution is -1.99. The number of hydrogen-bond donors (Lipinski definition) is 1. The fourth-order valence-corrected chi connectivity index (χ4v) is 3.40. The molecule has 0 spiro atoms. The van der Waals surface area contributed by atoms with Crippen LogP contribution in [-0.4, -0.2) is 33.8 Å². The summed E-state index contributed by atoms with van der Waals surface area (Å²) in [7, 11) is 3.17. The first-order valence-corrected chi connectivity index (χ1v) is 9.21. The summed E-state index contributed by atoms with van der Waals surface area (Å²) in [4.78, 5) is 9.10. The summed E-state index contributed by atoms with van der Waals surface area (Å²) >= 11 is 8.86. The minimum atomic E-state index is 0.258. The minimum Gasteiger partial charge on any atom is -0.493 e. The first-order chi connectivity index (χ1) is 13.1. The van der Waals surface area contributed by atoms with E-state index in [1.165, 1.54) is 0 Å². The van der Waals surface area contributed by atoms with Crippen molar-refractivity contribution < 1.29 is 14.2 Å². The Morgan fingerprint density at radius 2 is 1.81 bits per heavy atom. The maximum Gasteiger partial charge on any atom is 0.221 e. The largest absolute Gasteiger partial charge is 0.493 e. The molecule has 0 unspecified atom stereocenters. The van der Waals surface area contributed by atoms with Crippen LogP contribution in [0.4, 0.5) is 0 Å². The first-order valence-electron chi connectivity index (χ1n) is 8.01. The van der Waals surface area contributed by atoms with Gasteiger partial charge in [-0.1, -0.05) is 12.1 Å². The number of nitrogens with one attached hydrogen (secondary N) is 1. The number of methoxy groups -OCH3 is 2. The van der Waals surface area contributed by atoms with E-state index in [2.05, 4.69) is 31.0 Å². The zero-order chi connectivity index (χ0) is 19.0. The van der Waals surface area contributed by atoms with Gasteiger partial charge in [-0.3, -0.25) is 5.10 Å². The smallest absolute Gasteiger partial charge is 0.221 e. The van der Waals surface area contributed by atoms with E-state index in [0.717, 1.165) is 15.6 Å². The van der Waals surface area contributed by atoms with Gasteiger partial charge in [0.25, 0.3) is 0 Å². The van der Waals surface area contributed by atoms with Crippen molar-refractivity contribution in [1.82, 2.24) is 19.6 Å². The fraction of sp³-hybridized carbons (Fsp3) is 0.167. The van der Waals surface area contributed by atoms with Crippen LogP contribution in [0.2, 0.25) is 0 Å². The molecule has 0 aliphatic rings. The number of aromatic amines is 1. The van der Waals surface area contributed by atoms with E-state index in [4.69, 9.17) is 26.4 Å². The van der Waals surface area contributed by atoms with Gasteiger partial charge in [0.15, 0.2) is 23.0 Å². The van der Waals surface area contributed by atoms with E-state index < -0.39 is 0 Å². The lowest BCUT2D eigenvalue weighted by atomic mass is 10.2. The van der Waals surface area contributed by atoms with Gasteiger partial charge in [-0.25, -0.2) is 14.5 Å². The quantitative estimate of drug-likeness (QED) is 0.460. The predicted molar refractivity (Wildman–Crippen MR) is 107 cm³/mol. The van der Waals surface area contributed by atoms with Crippen molar-refractivity contribution in [2.45, 2.75) is 6.61 Å². The highest BCUT2D eigenvalue weighted by atomic mass is 79.9. The Bertz CT molecular complexity index is 1200. The molecule has 138 valence electrons. The van der Waals surface area contributed by atoms with Gasteiger partial charge in [-0.2, -0.15) is 0 Å². The summed E-state index contributed by atoms with van der Waals surface area (Å²) in [6.45, 7) is 0.258. The number of hydrogen-bond acceptors (Lipinski definition) is 6. The molecular weight excluding hydrogens is 432 g/mol. The van der Waals surface area contributed by atoms with E-state index in [0.29, 0.717) is 33.3 Å². The molecule has 0 saturated carbocycles. The molecule has 2 aromatic carbocycles. The number of fused-ring (bicyclic) bond motifs is 3. The summed E-state index contributed by atoms with van der Waals surface area (Å²) < 4.78 is 19.5. The van der Waals surface area contributed by atoms with Gasteiger partial charge in [0.2, 0.25) is 4.77 Å². The number of rotatable bonds is 5. The average Bonchev–Trinajstić information content (AvgIpc) is 3.11.